The second kappa shape index (κ2) is 6.45. The smallest absolute Gasteiger partial charge is 0.450 e. The number of halogens is 1. The van der Waals surface area contributed by atoms with Crippen LogP contribution in [0.2, 0.25) is 0 Å². The van der Waals surface area contributed by atoms with Gasteiger partial charge in [-0.3, -0.25) is 4.79 Å². The molecular weight excluding hydrogens is 361 g/mol. The molecule has 6 nitrogen and oxygen atoms in total. The molecule has 0 saturated heterocycles. The Morgan fingerprint density at radius 1 is 1.04 bits per heavy atom. The zero-order valence-corrected chi connectivity index (χ0v) is 15.1. The molecule has 1 aromatic heterocycles. The molecule has 8 heteroatoms. The molecule has 0 saturated carbocycles. The maximum atomic E-state index is 12.5. The summed E-state index contributed by atoms with van der Waals surface area (Å²) < 4.78 is 43.3. The van der Waals surface area contributed by atoms with Gasteiger partial charge in [-0.05, 0) is 56.2 Å². The van der Waals surface area contributed by atoms with Crippen molar-refractivity contribution in [3.63, 3.8) is 0 Å². The summed E-state index contributed by atoms with van der Waals surface area (Å²) in [5.74, 6) is -0.440. The summed E-state index contributed by atoms with van der Waals surface area (Å²) in [4.78, 5) is 12.5. The number of amides is 1. The van der Waals surface area contributed by atoms with Crippen LogP contribution in [-0.2, 0) is 10.5 Å². The van der Waals surface area contributed by atoms with E-state index in [-0.39, 0.29) is 11.5 Å². The van der Waals surface area contributed by atoms with Gasteiger partial charge >= 0.3 is 10.5 Å². The summed E-state index contributed by atoms with van der Waals surface area (Å²) in [7, 11) is -5.09. The first kappa shape index (κ1) is 17.9. The largest absolute Gasteiger partial charge is 0.488 e. The molecular formula is C18H16FNO5S. The van der Waals surface area contributed by atoms with Crippen LogP contribution in [0.5, 0.6) is 5.75 Å². The van der Waals surface area contributed by atoms with E-state index in [2.05, 4.69) is 9.50 Å². The number of furan rings is 1. The molecule has 1 N–H and O–H groups in total. The lowest BCUT2D eigenvalue weighted by atomic mass is 10.0. The first-order valence-electron chi connectivity index (χ1n) is 7.70. The van der Waals surface area contributed by atoms with Gasteiger partial charge < -0.3 is 13.9 Å². The van der Waals surface area contributed by atoms with E-state index in [1.807, 2.05) is 32.9 Å². The van der Waals surface area contributed by atoms with Crippen LogP contribution in [0.4, 0.5) is 9.57 Å². The van der Waals surface area contributed by atoms with Crippen LogP contribution in [0.3, 0.4) is 0 Å². The van der Waals surface area contributed by atoms with Gasteiger partial charge in [0.1, 0.15) is 11.3 Å². The summed E-state index contributed by atoms with van der Waals surface area (Å²) in [6, 6.07) is 9.15. The topological polar surface area (TPSA) is 85.6 Å². The standard InChI is InChI=1S/C18H16FNO5S/c1-10-4-5-11(2)16-15(10)12(3)17(24-16)18(21)20-13-6-8-14(9-7-13)25-26(19,22)23/h4-9H,1-3H3,(H,20,21). The number of hydrogen-bond acceptors (Lipinski definition) is 5. The Balaban J connectivity index is 1.87. The van der Waals surface area contributed by atoms with Gasteiger partial charge in [-0.25, -0.2) is 0 Å². The SMILES string of the molecule is Cc1ccc(C)c2c(C)c(C(=O)Nc3ccc(OS(=O)(=O)F)cc3)oc12. The molecule has 2 aromatic carbocycles. The molecule has 0 unspecified atom stereocenters. The fraction of sp³-hybridized carbons (Fsp3) is 0.167. The Bertz CT molecular complexity index is 1100. The first-order chi connectivity index (χ1) is 12.2. The third-order valence-electron chi connectivity index (χ3n) is 4.00. The van der Waals surface area contributed by atoms with Crippen LogP contribution in [0.1, 0.15) is 27.2 Å². The molecule has 3 aromatic rings. The molecule has 0 fully saturated rings. The summed E-state index contributed by atoms with van der Waals surface area (Å²) in [5, 5.41) is 3.57. The third kappa shape index (κ3) is 3.55. The first-order valence-corrected chi connectivity index (χ1v) is 9.01. The summed E-state index contributed by atoms with van der Waals surface area (Å²) in [5.41, 5.74) is 3.74. The van der Waals surface area contributed by atoms with Crippen molar-refractivity contribution < 1.29 is 25.7 Å². The normalized spacial score (nSPS) is 11.5. The van der Waals surface area contributed by atoms with Crippen molar-refractivity contribution in [2.75, 3.05) is 5.32 Å². The van der Waals surface area contributed by atoms with E-state index >= 15 is 0 Å². The van der Waals surface area contributed by atoms with E-state index in [9.17, 15) is 17.1 Å². The Morgan fingerprint density at radius 2 is 1.65 bits per heavy atom. The fourth-order valence-corrected chi connectivity index (χ4v) is 3.13. The number of carbonyl (C=O) groups excluding carboxylic acids is 1. The zero-order valence-electron chi connectivity index (χ0n) is 14.3. The molecule has 26 heavy (non-hydrogen) atoms. The Kier molecular flexibility index (Phi) is 4.45. The number of nitrogens with one attached hydrogen (secondary N) is 1. The zero-order chi connectivity index (χ0) is 19.1. The Labute approximate surface area is 150 Å². The molecule has 3 rings (SSSR count). The number of fused-ring (bicyclic) bond motifs is 1. The number of benzene rings is 2. The monoisotopic (exact) mass is 377 g/mol. The second-order valence-corrected chi connectivity index (χ2v) is 6.87. The van der Waals surface area contributed by atoms with Crippen LogP contribution < -0.4 is 9.50 Å². The predicted molar refractivity (Wildman–Crippen MR) is 95.5 cm³/mol. The number of rotatable bonds is 4. The van der Waals surface area contributed by atoms with E-state index in [1.165, 1.54) is 24.3 Å². The second-order valence-electron chi connectivity index (χ2n) is 5.91. The summed E-state index contributed by atoms with van der Waals surface area (Å²) in [6.07, 6.45) is 0. The van der Waals surface area contributed by atoms with Crippen LogP contribution in [0.25, 0.3) is 11.0 Å². The van der Waals surface area contributed by atoms with E-state index < -0.39 is 16.4 Å². The number of hydrogen-bond donors (Lipinski definition) is 1. The maximum Gasteiger partial charge on any atom is 0.488 e. The Morgan fingerprint density at radius 3 is 2.23 bits per heavy atom. The van der Waals surface area contributed by atoms with Gasteiger partial charge in [0.2, 0.25) is 0 Å². The van der Waals surface area contributed by atoms with Gasteiger partial charge in [-0.15, -0.1) is 0 Å². The highest BCUT2D eigenvalue weighted by Crippen LogP contribution is 2.31. The predicted octanol–water partition coefficient (Wildman–Crippen LogP) is 4.20. The molecule has 0 spiro atoms. The van der Waals surface area contributed by atoms with Gasteiger partial charge in [0.05, 0.1) is 0 Å². The lowest BCUT2D eigenvalue weighted by molar-refractivity contribution is 0.0998. The number of anilines is 1. The van der Waals surface area contributed by atoms with E-state index in [4.69, 9.17) is 4.42 Å². The lowest BCUT2D eigenvalue weighted by Crippen LogP contribution is -2.12. The lowest BCUT2D eigenvalue weighted by Gasteiger charge is -2.05. The van der Waals surface area contributed by atoms with Crippen LogP contribution in [0, 0.1) is 20.8 Å². The molecule has 1 heterocycles. The molecule has 0 aliphatic rings. The van der Waals surface area contributed by atoms with Crippen molar-refractivity contribution >= 4 is 33.1 Å². The minimum atomic E-state index is -5.09. The number of carbonyl (C=O) groups is 1. The van der Waals surface area contributed by atoms with Gasteiger partial charge in [-0.2, -0.15) is 8.42 Å². The minimum Gasteiger partial charge on any atom is -0.450 e. The van der Waals surface area contributed by atoms with Crippen molar-refractivity contribution in [2.24, 2.45) is 0 Å². The summed E-state index contributed by atoms with van der Waals surface area (Å²) >= 11 is 0. The van der Waals surface area contributed by atoms with Gasteiger partial charge in [0, 0.05) is 16.6 Å². The van der Waals surface area contributed by atoms with Crippen LogP contribution >= 0.6 is 0 Å². The van der Waals surface area contributed by atoms with Gasteiger partial charge in [-0.1, -0.05) is 16.0 Å². The van der Waals surface area contributed by atoms with Gasteiger partial charge in [0.25, 0.3) is 5.91 Å². The average molecular weight is 377 g/mol. The fourth-order valence-electron chi connectivity index (χ4n) is 2.79. The third-order valence-corrected chi connectivity index (χ3v) is 4.39. The molecule has 0 atom stereocenters. The van der Waals surface area contributed by atoms with Crippen molar-refractivity contribution in [2.45, 2.75) is 20.8 Å². The average Bonchev–Trinajstić information content (AvgIpc) is 2.90. The van der Waals surface area contributed by atoms with Crippen molar-refractivity contribution in [3.05, 3.63) is 58.8 Å². The highest BCUT2D eigenvalue weighted by atomic mass is 32.3. The molecule has 0 radical (unpaired) electrons. The molecule has 0 aliphatic carbocycles. The number of aryl methyl sites for hydroxylation is 3. The van der Waals surface area contributed by atoms with Crippen molar-refractivity contribution in [1.82, 2.24) is 0 Å². The highest BCUT2D eigenvalue weighted by Gasteiger charge is 2.20. The molecule has 136 valence electrons. The van der Waals surface area contributed by atoms with Gasteiger partial charge in [0.15, 0.2) is 5.76 Å². The minimum absolute atomic E-state index is 0.198. The van der Waals surface area contributed by atoms with Crippen molar-refractivity contribution in [3.8, 4) is 5.75 Å². The van der Waals surface area contributed by atoms with Crippen molar-refractivity contribution in [1.29, 1.82) is 0 Å². The molecule has 0 bridgehead atoms. The maximum absolute atomic E-state index is 12.5. The van der Waals surface area contributed by atoms with E-state index in [0.717, 1.165) is 22.1 Å². The highest BCUT2D eigenvalue weighted by molar-refractivity contribution is 7.81. The molecule has 1 amide bonds. The van der Waals surface area contributed by atoms with Crippen LogP contribution in [-0.4, -0.2) is 14.3 Å². The molecule has 0 aliphatic heterocycles. The van der Waals surface area contributed by atoms with E-state index in [0.29, 0.717) is 11.3 Å². The summed E-state index contributed by atoms with van der Waals surface area (Å²) in [6.45, 7) is 5.67. The Hall–Kier alpha value is -2.87. The van der Waals surface area contributed by atoms with Crippen LogP contribution in [0.15, 0.2) is 40.8 Å². The van der Waals surface area contributed by atoms with E-state index in [1.54, 1.807) is 0 Å². The quantitative estimate of drug-likeness (QED) is 0.689.